The van der Waals surface area contributed by atoms with Crippen molar-refractivity contribution in [3.05, 3.63) is 103 Å². The lowest BCUT2D eigenvalue weighted by Gasteiger charge is -2.17. The fourth-order valence-corrected chi connectivity index (χ4v) is 3.53. The number of hydrogen-bond donors (Lipinski definition) is 2. The fourth-order valence-electron chi connectivity index (χ4n) is 3.53. The first-order valence-corrected chi connectivity index (χ1v) is 10.5. The molecule has 0 fully saturated rings. The van der Waals surface area contributed by atoms with Gasteiger partial charge in [0.05, 0.1) is 44.7 Å². The molecule has 9 nitrogen and oxygen atoms in total. The van der Waals surface area contributed by atoms with Crippen LogP contribution in [0.4, 0.5) is 0 Å². The van der Waals surface area contributed by atoms with Gasteiger partial charge in [-0.2, -0.15) is 0 Å². The molecule has 2 unspecified atom stereocenters. The summed E-state index contributed by atoms with van der Waals surface area (Å²) in [7, 11) is 1.60. The molecule has 2 atom stereocenters. The number of carbonyl (C=O) groups is 2. The van der Waals surface area contributed by atoms with Crippen LogP contribution in [0.15, 0.2) is 92.0 Å². The van der Waals surface area contributed by atoms with Gasteiger partial charge in [0.2, 0.25) is 0 Å². The van der Waals surface area contributed by atoms with Crippen molar-refractivity contribution >= 4 is 11.9 Å². The van der Waals surface area contributed by atoms with Gasteiger partial charge < -0.3 is 24.1 Å². The average Bonchev–Trinajstić information content (AvgIpc) is 3.57. The summed E-state index contributed by atoms with van der Waals surface area (Å²) in [4.78, 5) is 29.7. The molecule has 176 valence electrons. The van der Waals surface area contributed by atoms with Crippen molar-refractivity contribution in [1.29, 1.82) is 0 Å². The lowest BCUT2D eigenvalue weighted by atomic mass is 10.0. The number of carboxylic acids is 2. The Morgan fingerprint density at radius 2 is 1.26 bits per heavy atom. The number of nitrogens with zero attached hydrogens (tertiary/aromatic N) is 4. The largest absolute Gasteiger partial charge is 0.497 e. The van der Waals surface area contributed by atoms with Crippen LogP contribution in [0.2, 0.25) is 0 Å². The summed E-state index contributed by atoms with van der Waals surface area (Å²) in [6, 6.07) is 16.5. The highest BCUT2D eigenvalue weighted by Gasteiger charge is 2.17. The van der Waals surface area contributed by atoms with Gasteiger partial charge in [-0.1, -0.05) is 42.5 Å². The van der Waals surface area contributed by atoms with Crippen LogP contribution in [0.3, 0.4) is 0 Å². The number of aromatic nitrogens is 4. The minimum Gasteiger partial charge on any atom is -0.497 e. The van der Waals surface area contributed by atoms with Gasteiger partial charge in [-0.15, -0.1) is 0 Å². The van der Waals surface area contributed by atoms with Crippen LogP contribution in [0.1, 0.15) is 36.1 Å². The van der Waals surface area contributed by atoms with E-state index in [0.717, 1.165) is 16.9 Å². The molecule has 2 aromatic carbocycles. The normalized spacial score (nSPS) is 12.1. The van der Waals surface area contributed by atoms with Gasteiger partial charge >= 0.3 is 11.9 Å². The SMILES string of the molecule is COc1ccc(C(CC(=O)O)n2ccnc2)cc1.O=C(O)CC(c1ccccc1)n1ccnc1. The Labute approximate surface area is 196 Å². The monoisotopic (exact) mass is 462 g/mol. The summed E-state index contributed by atoms with van der Waals surface area (Å²) in [5.41, 5.74) is 1.89. The average molecular weight is 463 g/mol. The Bertz CT molecular complexity index is 1140. The van der Waals surface area contributed by atoms with Crippen molar-refractivity contribution < 1.29 is 24.5 Å². The molecule has 2 N–H and O–H groups in total. The van der Waals surface area contributed by atoms with Gasteiger partial charge in [-0.25, -0.2) is 9.97 Å². The maximum atomic E-state index is 10.9. The van der Waals surface area contributed by atoms with E-state index in [9.17, 15) is 9.59 Å². The fraction of sp³-hybridized carbons (Fsp3) is 0.200. The molecule has 0 aliphatic rings. The second-order valence-electron chi connectivity index (χ2n) is 7.43. The quantitative estimate of drug-likeness (QED) is 0.387. The van der Waals surface area contributed by atoms with E-state index >= 15 is 0 Å². The van der Waals surface area contributed by atoms with Gasteiger partial charge in [-0.3, -0.25) is 9.59 Å². The van der Waals surface area contributed by atoms with Crippen LogP contribution in [0, 0.1) is 0 Å². The molecule has 0 radical (unpaired) electrons. The second kappa shape index (κ2) is 12.0. The Morgan fingerprint density at radius 1 is 0.794 bits per heavy atom. The summed E-state index contributed by atoms with van der Waals surface area (Å²) in [6.07, 6.45) is 10.2. The third-order valence-corrected chi connectivity index (χ3v) is 5.19. The van der Waals surface area contributed by atoms with Crippen LogP contribution in [0.5, 0.6) is 5.75 Å². The predicted molar refractivity (Wildman–Crippen MR) is 125 cm³/mol. The van der Waals surface area contributed by atoms with Crippen molar-refractivity contribution in [2.75, 3.05) is 7.11 Å². The van der Waals surface area contributed by atoms with Crippen LogP contribution in [-0.4, -0.2) is 48.4 Å². The zero-order valence-corrected chi connectivity index (χ0v) is 18.6. The van der Waals surface area contributed by atoms with Crippen molar-refractivity contribution in [2.24, 2.45) is 0 Å². The number of rotatable bonds is 9. The summed E-state index contributed by atoms with van der Waals surface area (Å²) in [6.45, 7) is 0. The maximum Gasteiger partial charge on any atom is 0.305 e. The third-order valence-electron chi connectivity index (χ3n) is 5.19. The molecule has 0 aliphatic heterocycles. The number of imidazole rings is 2. The molecule has 0 bridgehead atoms. The van der Waals surface area contributed by atoms with Gasteiger partial charge in [-0.05, 0) is 23.3 Å². The first kappa shape index (κ1) is 24.2. The molecule has 0 amide bonds. The Balaban J connectivity index is 0.000000192. The van der Waals surface area contributed by atoms with Crippen LogP contribution >= 0.6 is 0 Å². The standard InChI is InChI=1S/C13H14N2O3.C12H12N2O2/c1-18-11-4-2-10(3-5-11)12(8-13(16)17)15-7-6-14-9-15;15-12(16)8-11(14-7-6-13-9-14)10-4-2-1-3-5-10/h2-7,9,12H,8H2,1H3,(H,16,17);1-7,9,11H,8H2,(H,15,16). The van der Waals surface area contributed by atoms with Crippen LogP contribution in [0.25, 0.3) is 0 Å². The zero-order chi connectivity index (χ0) is 24.3. The highest BCUT2D eigenvalue weighted by atomic mass is 16.5. The third kappa shape index (κ3) is 6.80. The molecule has 0 saturated heterocycles. The van der Waals surface area contributed by atoms with Crippen molar-refractivity contribution in [3.8, 4) is 5.75 Å². The summed E-state index contributed by atoms with van der Waals surface area (Å²) in [5, 5.41) is 17.9. The van der Waals surface area contributed by atoms with Gasteiger partial charge in [0.25, 0.3) is 0 Å². The van der Waals surface area contributed by atoms with E-state index in [2.05, 4.69) is 9.97 Å². The van der Waals surface area contributed by atoms with Crippen molar-refractivity contribution in [1.82, 2.24) is 19.1 Å². The van der Waals surface area contributed by atoms with Gasteiger partial charge in [0.1, 0.15) is 5.75 Å². The minimum absolute atomic E-state index is 0.0166. The molecule has 0 aliphatic carbocycles. The topological polar surface area (TPSA) is 119 Å². The number of benzene rings is 2. The Kier molecular flexibility index (Phi) is 8.56. The molecule has 34 heavy (non-hydrogen) atoms. The van der Waals surface area contributed by atoms with E-state index in [1.807, 2.05) is 59.2 Å². The second-order valence-corrected chi connectivity index (χ2v) is 7.43. The number of aliphatic carboxylic acids is 2. The van der Waals surface area contributed by atoms with Crippen molar-refractivity contribution in [2.45, 2.75) is 24.9 Å². The van der Waals surface area contributed by atoms with Crippen LogP contribution in [-0.2, 0) is 9.59 Å². The van der Waals surface area contributed by atoms with E-state index in [1.165, 1.54) is 0 Å². The summed E-state index contributed by atoms with van der Waals surface area (Å²) < 4.78 is 8.68. The minimum atomic E-state index is -0.843. The number of methoxy groups -OCH3 is 1. The molecular weight excluding hydrogens is 436 g/mol. The Morgan fingerprint density at radius 3 is 1.65 bits per heavy atom. The maximum absolute atomic E-state index is 10.9. The lowest BCUT2D eigenvalue weighted by molar-refractivity contribution is -0.138. The van der Waals surface area contributed by atoms with E-state index in [-0.39, 0.29) is 24.9 Å². The number of hydrogen-bond acceptors (Lipinski definition) is 5. The smallest absolute Gasteiger partial charge is 0.305 e. The van der Waals surface area contributed by atoms with E-state index in [4.69, 9.17) is 14.9 Å². The molecule has 4 aromatic rings. The first-order chi connectivity index (χ1) is 16.5. The highest BCUT2D eigenvalue weighted by Crippen LogP contribution is 2.24. The lowest BCUT2D eigenvalue weighted by Crippen LogP contribution is -2.13. The van der Waals surface area contributed by atoms with Crippen molar-refractivity contribution in [3.63, 3.8) is 0 Å². The number of carboxylic acid groups (broad SMARTS) is 2. The van der Waals surface area contributed by atoms with Crippen LogP contribution < -0.4 is 4.74 Å². The molecule has 9 heteroatoms. The molecular formula is C25H26N4O5. The first-order valence-electron chi connectivity index (χ1n) is 10.5. The predicted octanol–water partition coefficient (Wildman–Crippen LogP) is 3.90. The number of ether oxygens (including phenoxy) is 1. The molecule has 4 rings (SSSR count). The van der Waals surface area contributed by atoms with E-state index in [0.29, 0.717) is 0 Å². The van der Waals surface area contributed by atoms with E-state index < -0.39 is 11.9 Å². The highest BCUT2D eigenvalue weighted by molar-refractivity contribution is 5.68. The van der Waals surface area contributed by atoms with Gasteiger partial charge in [0.15, 0.2) is 0 Å². The molecule has 0 spiro atoms. The Hall–Kier alpha value is -4.40. The zero-order valence-electron chi connectivity index (χ0n) is 18.6. The summed E-state index contributed by atoms with van der Waals surface area (Å²) >= 11 is 0. The summed E-state index contributed by atoms with van der Waals surface area (Å²) in [5.74, 6) is -0.912. The van der Waals surface area contributed by atoms with E-state index in [1.54, 1.807) is 49.1 Å². The molecule has 2 heterocycles. The molecule has 0 saturated carbocycles. The van der Waals surface area contributed by atoms with Gasteiger partial charge in [0, 0.05) is 24.8 Å². The molecule has 2 aromatic heterocycles.